The van der Waals surface area contributed by atoms with E-state index in [4.69, 9.17) is 0 Å². The summed E-state index contributed by atoms with van der Waals surface area (Å²) in [4.78, 5) is 4.89. The van der Waals surface area contributed by atoms with Gasteiger partial charge in [-0.1, -0.05) is 0 Å². The zero-order valence-corrected chi connectivity index (χ0v) is 12.7. The number of rotatable bonds is 6. The number of hydrogen-bond donors (Lipinski definition) is 1. The van der Waals surface area contributed by atoms with Gasteiger partial charge in [0, 0.05) is 39.3 Å². The predicted molar refractivity (Wildman–Crippen MR) is 79.7 cm³/mol. The van der Waals surface area contributed by atoms with Gasteiger partial charge in [0.25, 0.3) is 0 Å². The van der Waals surface area contributed by atoms with Gasteiger partial charge in [-0.25, -0.2) is 0 Å². The zero-order chi connectivity index (χ0) is 13.8. The van der Waals surface area contributed by atoms with Gasteiger partial charge >= 0.3 is 0 Å². The molecule has 2 rings (SSSR count). The van der Waals surface area contributed by atoms with Crippen LogP contribution in [0.15, 0.2) is 0 Å². The second kappa shape index (κ2) is 6.39. The van der Waals surface area contributed by atoms with E-state index in [1.165, 1.54) is 37.3 Å². The van der Waals surface area contributed by atoms with E-state index in [1.54, 1.807) is 0 Å². The summed E-state index contributed by atoms with van der Waals surface area (Å²) < 4.78 is 2.01. The maximum Gasteiger partial charge on any atom is 0.131 e. The summed E-state index contributed by atoms with van der Waals surface area (Å²) in [5.74, 6) is 1.24. The van der Waals surface area contributed by atoms with Gasteiger partial charge in [0.05, 0.1) is 5.69 Å². The van der Waals surface area contributed by atoms with Gasteiger partial charge in [-0.3, -0.25) is 4.68 Å². The first kappa shape index (κ1) is 14.3. The van der Waals surface area contributed by atoms with Gasteiger partial charge in [-0.05, 0) is 39.9 Å². The van der Waals surface area contributed by atoms with Crippen LogP contribution in [-0.2, 0) is 13.6 Å². The number of likely N-dealkylation sites (N-methyl/N-ethyl adjacent to an activating group) is 1. The number of aryl methyl sites for hydroxylation is 2. The second-order valence-electron chi connectivity index (χ2n) is 5.51. The third kappa shape index (κ3) is 3.28. The van der Waals surface area contributed by atoms with Crippen LogP contribution in [0.1, 0.15) is 24.1 Å². The fraction of sp³-hybridized carbons (Fsp3) is 0.786. The first-order chi connectivity index (χ1) is 9.13. The molecule has 0 radical (unpaired) electrons. The van der Waals surface area contributed by atoms with Crippen LogP contribution in [0.2, 0.25) is 0 Å². The van der Waals surface area contributed by atoms with Crippen molar-refractivity contribution in [1.82, 2.24) is 20.0 Å². The Bertz CT molecular complexity index is 406. The minimum atomic E-state index is 0.878. The first-order valence-electron chi connectivity index (χ1n) is 7.24. The maximum atomic E-state index is 4.55. The molecule has 19 heavy (non-hydrogen) atoms. The van der Waals surface area contributed by atoms with E-state index in [2.05, 4.69) is 34.2 Å². The Morgan fingerprint density at radius 1 is 1.32 bits per heavy atom. The summed E-state index contributed by atoms with van der Waals surface area (Å²) >= 11 is 0. The van der Waals surface area contributed by atoms with Crippen molar-refractivity contribution in [3.63, 3.8) is 0 Å². The molecule has 1 aromatic heterocycles. The lowest BCUT2D eigenvalue weighted by Gasteiger charge is -2.24. The minimum absolute atomic E-state index is 0.878. The van der Waals surface area contributed by atoms with E-state index in [1.807, 2.05) is 18.8 Å². The first-order valence-corrected chi connectivity index (χ1v) is 7.24. The number of nitrogens with zero attached hydrogens (tertiary/aromatic N) is 4. The quantitative estimate of drug-likeness (QED) is 0.832. The molecule has 1 aliphatic heterocycles. The molecule has 0 aromatic carbocycles. The lowest BCUT2D eigenvalue weighted by atomic mass is 10.2. The van der Waals surface area contributed by atoms with Gasteiger partial charge in [-0.2, -0.15) is 5.10 Å². The average Bonchev–Trinajstić information content (AvgIpc) is 2.96. The molecule has 1 aromatic rings. The normalized spacial score (nSPS) is 16.2. The molecule has 5 heteroatoms. The van der Waals surface area contributed by atoms with Crippen LogP contribution < -0.4 is 10.2 Å². The topological polar surface area (TPSA) is 36.3 Å². The molecule has 1 aliphatic rings. The molecule has 0 saturated carbocycles. The predicted octanol–water partition coefficient (Wildman–Crippen LogP) is 0.980. The van der Waals surface area contributed by atoms with Crippen LogP contribution in [0.25, 0.3) is 0 Å². The maximum absolute atomic E-state index is 4.55. The van der Waals surface area contributed by atoms with Crippen molar-refractivity contribution in [3.8, 4) is 0 Å². The van der Waals surface area contributed by atoms with E-state index in [9.17, 15) is 0 Å². The van der Waals surface area contributed by atoms with Gasteiger partial charge < -0.3 is 15.1 Å². The highest BCUT2D eigenvalue weighted by atomic mass is 15.4. The highest BCUT2D eigenvalue weighted by molar-refractivity contribution is 5.49. The molecule has 0 unspecified atom stereocenters. The Labute approximate surface area is 116 Å². The van der Waals surface area contributed by atoms with Crippen molar-refractivity contribution >= 4 is 5.82 Å². The third-order valence-electron chi connectivity index (χ3n) is 3.98. The summed E-state index contributed by atoms with van der Waals surface area (Å²) in [5.41, 5.74) is 2.44. The van der Waals surface area contributed by atoms with Crippen molar-refractivity contribution in [3.05, 3.63) is 11.3 Å². The van der Waals surface area contributed by atoms with Crippen molar-refractivity contribution in [2.24, 2.45) is 7.05 Å². The van der Waals surface area contributed by atoms with E-state index >= 15 is 0 Å². The Balaban J connectivity index is 2.02. The average molecular weight is 265 g/mol. The van der Waals surface area contributed by atoms with Crippen LogP contribution in [0.5, 0.6) is 0 Å². The molecule has 0 amide bonds. The molecule has 108 valence electrons. The van der Waals surface area contributed by atoms with E-state index in [0.29, 0.717) is 0 Å². The molecular formula is C14H27N5. The molecular weight excluding hydrogens is 238 g/mol. The van der Waals surface area contributed by atoms with Crippen molar-refractivity contribution in [2.75, 3.05) is 45.2 Å². The molecule has 1 saturated heterocycles. The standard InChI is InChI=1S/C14H27N5/c1-12-13(11-15-2)14(18(4)16-12)17(3)9-10-19-7-5-6-8-19/h15H,5-11H2,1-4H3. The molecule has 1 N–H and O–H groups in total. The smallest absolute Gasteiger partial charge is 0.131 e. The fourth-order valence-corrected chi connectivity index (χ4v) is 2.95. The summed E-state index contributed by atoms with van der Waals surface area (Å²) in [6.07, 6.45) is 2.72. The highest BCUT2D eigenvalue weighted by Crippen LogP contribution is 2.22. The number of aromatic nitrogens is 2. The monoisotopic (exact) mass is 265 g/mol. The summed E-state index contributed by atoms with van der Waals surface area (Å²) in [7, 11) is 6.19. The van der Waals surface area contributed by atoms with Gasteiger partial charge in [0.1, 0.15) is 5.82 Å². The minimum Gasteiger partial charge on any atom is -0.358 e. The van der Waals surface area contributed by atoms with Crippen molar-refractivity contribution in [1.29, 1.82) is 0 Å². The SMILES string of the molecule is CNCc1c(C)nn(C)c1N(C)CCN1CCCC1. The van der Waals surface area contributed by atoms with Gasteiger partial charge in [0.15, 0.2) is 0 Å². The fourth-order valence-electron chi connectivity index (χ4n) is 2.95. The number of likely N-dealkylation sites (tertiary alicyclic amines) is 1. The third-order valence-corrected chi connectivity index (χ3v) is 3.98. The molecule has 0 spiro atoms. The van der Waals surface area contributed by atoms with Crippen LogP contribution in [0, 0.1) is 6.92 Å². The Hall–Kier alpha value is -1.07. The largest absolute Gasteiger partial charge is 0.358 e. The molecule has 1 fully saturated rings. The van der Waals surface area contributed by atoms with E-state index in [0.717, 1.165) is 25.3 Å². The lowest BCUT2D eigenvalue weighted by molar-refractivity contribution is 0.346. The van der Waals surface area contributed by atoms with Crippen LogP contribution in [0.3, 0.4) is 0 Å². The Kier molecular flexibility index (Phi) is 4.82. The number of nitrogens with one attached hydrogen (secondary N) is 1. The number of anilines is 1. The molecule has 0 atom stereocenters. The van der Waals surface area contributed by atoms with Crippen LogP contribution >= 0.6 is 0 Å². The molecule has 0 aliphatic carbocycles. The molecule has 2 heterocycles. The Morgan fingerprint density at radius 2 is 2.00 bits per heavy atom. The van der Waals surface area contributed by atoms with Gasteiger partial charge in [-0.15, -0.1) is 0 Å². The number of hydrogen-bond acceptors (Lipinski definition) is 4. The molecule has 5 nitrogen and oxygen atoms in total. The highest BCUT2D eigenvalue weighted by Gasteiger charge is 2.18. The lowest BCUT2D eigenvalue weighted by Crippen LogP contribution is -2.33. The Morgan fingerprint density at radius 3 is 2.63 bits per heavy atom. The summed E-state index contributed by atoms with van der Waals surface area (Å²) in [6.45, 7) is 7.71. The summed E-state index contributed by atoms with van der Waals surface area (Å²) in [5, 5.41) is 7.79. The summed E-state index contributed by atoms with van der Waals surface area (Å²) in [6, 6.07) is 0. The van der Waals surface area contributed by atoms with Crippen LogP contribution in [0.4, 0.5) is 5.82 Å². The van der Waals surface area contributed by atoms with Crippen molar-refractivity contribution in [2.45, 2.75) is 26.3 Å². The zero-order valence-electron chi connectivity index (χ0n) is 12.7. The van der Waals surface area contributed by atoms with Crippen molar-refractivity contribution < 1.29 is 0 Å². The molecule has 0 bridgehead atoms. The van der Waals surface area contributed by atoms with E-state index < -0.39 is 0 Å². The van der Waals surface area contributed by atoms with E-state index in [-0.39, 0.29) is 0 Å². The van der Waals surface area contributed by atoms with Crippen LogP contribution in [-0.4, -0.2) is 55.0 Å². The van der Waals surface area contributed by atoms with Gasteiger partial charge in [0.2, 0.25) is 0 Å². The second-order valence-corrected chi connectivity index (χ2v) is 5.51.